The van der Waals surface area contributed by atoms with Crippen LogP contribution in [-0.2, 0) is 0 Å². The predicted octanol–water partition coefficient (Wildman–Crippen LogP) is 16.2. The first-order chi connectivity index (χ1) is 30.3. The van der Waals surface area contributed by atoms with E-state index in [0.29, 0.717) is 0 Å². The van der Waals surface area contributed by atoms with Crippen molar-refractivity contribution >= 4 is 66.7 Å². The lowest BCUT2D eigenvalue weighted by Crippen LogP contribution is -2.11. The van der Waals surface area contributed by atoms with Crippen molar-refractivity contribution in [3.05, 3.63) is 224 Å². The first-order valence-electron chi connectivity index (χ1n) is 21.0. The van der Waals surface area contributed by atoms with E-state index in [9.17, 15) is 0 Å². The molecule has 61 heavy (non-hydrogen) atoms. The Morgan fingerprint density at radius 1 is 0.230 bits per heavy atom. The summed E-state index contributed by atoms with van der Waals surface area (Å²) < 4.78 is 2.48. The maximum absolute atomic E-state index is 2.48. The highest BCUT2D eigenvalue weighted by atomic mass is 15.2. The van der Waals surface area contributed by atoms with Crippen molar-refractivity contribution in [1.29, 1.82) is 0 Å². The lowest BCUT2D eigenvalue weighted by Gasteiger charge is -2.27. The van der Waals surface area contributed by atoms with Gasteiger partial charge in [-0.05, 0) is 93.7 Å². The van der Waals surface area contributed by atoms with Crippen LogP contribution in [0.5, 0.6) is 0 Å². The molecule has 0 spiro atoms. The van der Waals surface area contributed by atoms with E-state index < -0.39 is 0 Å². The highest BCUT2D eigenvalue weighted by Gasteiger charge is 2.28. The molecular formula is C58H37N3. The molecule has 11 aromatic rings. The van der Waals surface area contributed by atoms with Gasteiger partial charge in [-0.1, -0.05) is 164 Å². The minimum Gasteiger partial charge on any atom is -0.309 e. The van der Waals surface area contributed by atoms with Gasteiger partial charge in [0.1, 0.15) is 0 Å². The molecule has 2 aliphatic rings. The van der Waals surface area contributed by atoms with Crippen LogP contribution in [0.15, 0.2) is 224 Å². The zero-order chi connectivity index (χ0) is 40.0. The molecule has 0 unspecified atom stereocenters. The summed E-state index contributed by atoms with van der Waals surface area (Å²) in [6.07, 6.45) is 0. The van der Waals surface area contributed by atoms with Crippen molar-refractivity contribution in [2.24, 2.45) is 0 Å². The zero-order valence-corrected chi connectivity index (χ0v) is 33.2. The van der Waals surface area contributed by atoms with E-state index in [0.717, 1.165) is 50.8 Å². The van der Waals surface area contributed by atoms with E-state index >= 15 is 0 Å². The minimum atomic E-state index is 1.11. The Kier molecular flexibility index (Phi) is 7.31. The van der Waals surface area contributed by atoms with Crippen molar-refractivity contribution in [3.63, 3.8) is 0 Å². The number of benzene rings is 10. The number of fused-ring (bicyclic) bond motifs is 14. The van der Waals surface area contributed by atoms with Crippen LogP contribution in [0.2, 0.25) is 0 Å². The van der Waals surface area contributed by atoms with Gasteiger partial charge in [0.15, 0.2) is 0 Å². The van der Waals surface area contributed by atoms with Gasteiger partial charge in [-0.3, -0.25) is 0 Å². The van der Waals surface area contributed by atoms with Crippen molar-refractivity contribution < 1.29 is 0 Å². The van der Waals surface area contributed by atoms with Crippen molar-refractivity contribution in [2.75, 3.05) is 9.80 Å². The van der Waals surface area contributed by atoms with Crippen molar-refractivity contribution in [1.82, 2.24) is 4.57 Å². The zero-order valence-electron chi connectivity index (χ0n) is 33.2. The number of hydrogen-bond donors (Lipinski definition) is 0. The third-order valence-electron chi connectivity index (χ3n) is 12.8. The number of nitrogens with zero attached hydrogens (tertiary/aromatic N) is 3. The standard InChI is InChI=1S/C58H37N3/c1-2-16-39-35-40(30-29-38(39)15-1)61-57-36-41(59-53-25-11-7-21-47(53)43-17-3-4-18-44(43)48-22-8-12-26-54(48)59)31-33-51(57)52-34-32-42(37-58(52)61)60-55-27-13-9-23-49(55)45-19-5-6-20-46(45)50-24-10-14-28-56(50)60/h1-37H. The molecule has 3 heterocycles. The third kappa shape index (κ3) is 5.04. The third-order valence-corrected chi connectivity index (χ3v) is 12.8. The molecule has 0 bridgehead atoms. The summed E-state index contributed by atoms with van der Waals surface area (Å²) in [5, 5.41) is 4.86. The maximum Gasteiger partial charge on any atom is 0.0561 e. The first kappa shape index (κ1) is 33.8. The molecule has 0 radical (unpaired) electrons. The SMILES string of the molecule is c1ccc2c(c1)-c1ccccc1N(c1ccc3c4ccc(N5c6ccccc6-c6ccccc6-c6ccccc65)cc4n(-c4ccc5ccccc5c4)c3c1)c1ccccc1-2. The fourth-order valence-corrected chi connectivity index (χ4v) is 10.2. The molecule has 2 aliphatic heterocycles. The summed E-state index contributed by atoms with van der Waals surface area (Å²) in [4.78, 5) is 4.92. The Morgan fingerprint density at radius 3 is 0.967 bits per heavy atom. The van der Waals surface area contributed by atoms with E-state index in [1.807, 2.05) is 0 Å². The average molecular weight is 776 g/mol. The van der Waals surface area contributed by atoms with E-state index in [-0.39, 0.29) is 0 Å². The molecule has 0 amide bonds. The van der Waals surface area contributed by atoms with Gasteiger partial charge in [-0.2, -0.15) is 0 Å². The van der Waals surface area contributed by atoms with Crippen molar-refractivity contribution in [3.8, 4) is 50.2 Å². The molecule has 0 aliphatic carbocycles. The van der Waals surface area contributed by atoms with Crippen LogP contribution in [0.25, 0.3) is 82.8 Å². The maximum atomic E-state index is 2.48. The molecule has 13 rings (SSSR count). The van der Waals surface area contributed by atoms with Crippen LogP contribution in [0.1, 0.15) is 0 Å². The highest BCUT2D eigenvalue weighted by molar-refractivity contribution is 6.13. The van der Waals surface area contributed by atoms with Crippen LogP contribution in [0.3, 0.4) is 0 Å². The van der Waals surface area contributed by atoms with Gasteiger partial charge in [-0.15, -0.1) is 0 Å². The van der Waals surface area contributed by atoms with Gasteiger partial charge >= 0.3 is 0 Å². The Balaban J connectivity index is 1.09. The van der Waals surface area contributed by atoms with Gasteiger partial charge in [0.05, 0.1) is 33.8 Å². The molecule has 0 atom stereocenters. The number of rotatable bonds is 3. The van der Waals surface area contributed by atoms with E-state index in [1.54, 1.807) is 0 Å². The van der Waals surface area contributed by atoms with Crippen LogP contribution in [0.4, 0.5) is 34.1 Å². The molecule has 284 valence electrons. The molecule has 10 aromatic carbocycles. The van der Waals surface area contributed by atoms with Crippen LogP contribution in [-0.4, -0.2) is 4.57 Å². The fraction of sp³-hybridized carbons (Fsp3) is 0. The van der Waals surface area contributed by atoms with E-state index in [1.165, 1.54) is 66.1 Å². The second-order valence-corrected chi connectivity index (χ2v) is 16.1. The first-order valence-corrected chi connectivity index (χ1v) is 21.0. The smallest absolute Gasteiger partial charge is 0.0561 e. The topological polar surface area (TPSA) is 11.4 Å². The fourth-order valence-electron chi connectivity index (χ4n) is 10.2. The summed E-state index contributed by atoms with van der Waals surface area (Å²) in [5.74, 6) is 0. The molecule has 0 saturated carbocycles. The van der Waals surface area contributed by atoms with Gasteiger partial charge in [-0.25, -0.2) is 0 Å². The van der Waals surface area contributed by atoms with Crippen LogP contribution >= 0.6 is 0 Å². The normalized spacial score (nSPS) is 12.5. The number of hydrogen-bond acceptors (Lipinski definition) is 2. The molecule has 1 aromatic heterocycles. The summed E-state index contributed by atoms with van der Waals surface area (Å²) >= 11 is 0. The summed E-state index contributed by atoms with van der Waals surface area (Å²) in [6, 6.07) is 82.6. The lowest BCUT2D eigenvalue weighted by atomic mass is 9.95. The Labute approximate surface area is 354 Å². The molecule has 3 heteroatoms. The van der Waals surface area contributed by atoms with Gasteiger partial charge in [0, 0.05) is 50.1 Å². The largest absolute Gasteiger partial charge is 0.309 e. The quantitative estimate of drug-likeness (QED) is 0.177. The average Bonchev–Trinajstić information content (AvgIpc) is 3.50. The molecule has 3 nitrogen and oxygen atoms in total. The number of para-hydroxylation sites is 4. The van der Waals surface area contributed by atoms with E-state index in [4.69, 9.17) is 0 Å². The molecular weight excluding hydrogens is 739 g/mol. The van der Waals surface area contributed by atoms with Gasteiger partial charge in [0.25, 0.3) is 0 Å². The molecule has 0 fully saturated rings. The summed E-state index contributed by atoms with van der Waals surface area (Å²) in [5.41, 5.74) is 20.1. The molecule has 0 N–H and O–H groups in total. The second-order valence-electron chi connectivity index (χ2n) is 16.1. The van der Waals surface area contributed by atoms with E-state index in [2.05, 4.69) is 239 Å². The summed E-state index contributed by atoms with van der Waals surface area (Å²) in [6.45, 7) is 0. The predicted molar refractivity (Wildman–Crippen MR) is 257 cm³/mol. The van der Waals surface area contributed by atoms with Gasteiger partial charge < -0.3 is 14.4 Å². The number of aromatic nitrogens is 1. The minimum absolute atomic E-state index is 1.11. The number of anilines is 6. The Hall–Kier alpha value is -8.14. The second kappa shape index (κ2) is 13.2. The highest BCUT2D eigenvalue weighted by Crippen LogP contribution is 2.53. The van der Waals surface area contributed by atoms with Crippen molar-refractivity contribution in [2.45, 2.75) is 0 Å². The van der Waals surface area contributed by atoms with Crippen LogP contribution < -0.4 is 9.80 Å². The lowest BCUT2D eigenvalue weighted by molar-refractivity contribution is 1.18. The Morgan fingerprint density at radius 2 is 0.557 bits per heavy atom. The summed E-state index contributed by atoms with van der Waals surface area (Å²) in [7, 11) is 0. The van der Waals surface area contributed by atoms with Crippen LogP contribution in [0, 0.1) is 0 Å². The Bertz CT molecular complexity index is 3250. The monoisotopic (exact) mass is 775 g/mol. The molecule has 0 saturated heterocycles. The van der Waals surface area contributed by atoms with Gasteiger partial charge in [0.2, 0.25) is 0 Å².